The van der Waals surface area contributed by atoms with Crippen molar-refractivity contribution in [1.29, 1.82) is 0 Å². The standard InChI is InChI=1S/C11H17N3O2S2/c1-12-11-6-10(2-4-13-11)18(15,16)14-7-9-3-5-17-8-9/h2,4,6,9,14H,3,5,7-8H2,1H3,(H,12,13). The highest BCUT2D eigenvalue weighted by atomic mass is 32.2. The van der Waals surface area contributed by atoms with Crippen molar-refractivity contribution in [3.8, 4) is 0 Å². The number of rotatable bonds is 5. The van der Waals surface area contributed by atoms with E-state index in [1.165, 1.54) is 18.3 Å². The van der Waals surface area contributed by atoms with Gasteiger partial charge in [-0.25, -0.2) is 18.1 Å². The summed E-state index contributed by atoms with van der Waals surface area (Å²) in [6, 6.07) is 3.04. The molecule has 5 nitrogen and oxygen atoms in total. The molecule has 0 amide bonds. The summed E-state index contributed by atoms with van der Waals surface area (Å²) in [7, 11) is -1.71. The quantitative estimate of drug-likeness (QED) is 0.850. The average Bonchev–Trinajstić information content (AvgIpc) is 2.90. The third-order valence-electron chi connectivity index (χ3n) is 2.88. The predicted molar refractivity (Wildman–Crippen MR) is 74.4 cm³/mol. The first kappa shape index (κ1) is 13.6. The lowest BCUT2D eigenvalue weighted by Gasteiger charge is -2.11. The third-order valence-corrected chi connectivity index (χ3v) is 5.54. The molecule has 1 saturated heterocycles. The molecule has 100 valence electrons. The van der Waals surface area contributed by atoms with Crippen molar-refractivity contribution < 1.29 is 8.42 Å². The highest BCUT2D eigenvalue weighted by molar-refractivity contribution is 7.99. The van der Waals surface area contributed by atoms with Crippen molar-refractivity contribution >= 4 is 27.6 Å². The van der Waals surface area contributed by atoms with Gasteiger partial charge in [0.15, 0.2) is 0 Å². The maximum absolute atomic E-state index is 12.1. The van der Waals surface area contributed by atoms with Crippen LogP contribution in [0.3, 0.4) is 0 Å². The van der Waals surface area contributed by atoms with Gasteiger partial charge in [-0.05, 0) is 29.9 Å². The summed E-state index contributed by atoms with van der Waals surface area (Å²) in [6.07, 6.45) is 2.58. The van der Waals surface area contributed by atoms with Crippen LogP contribution in [0.5, 0.6) is 0 Å². The van der Waals surface area contributed by atoms with Crippen molar-refractivity contribution in [2.24, 2.45) is 5.92 Å². The van der Waals surface area contributed by atoms with Crippen molar-refractivity contribution in [2.75, 3.05) is 30.4 Å². The number of nitrogens with zero attached hydrogens (tertiary/aromatic N) is 1. The first-order valence-corrected chi connectivity index (χ1v) is 8.47. The third kappa shape index (κ3) is 3.37. The maximum Gasteiger partial charge on any atom is 0.240 e. The number of hydrogen-bond donors (Lipinski definition) is 2. The molecular formula is C11H17N3O2S2. The van der Waals surface area contributed by atoms with Gasteiger partial charge < -0.3 is 5.32 Å². The van der Waals surface area contributed by atoms with Crippen LogP contribution in [0.1, 0.15) is 6.42 Å². The van der Waals surface area contributed by atoms with Crippen molar-refractivity contribution in [3.63, 3.8) is 0 Å². The molecule has 0 aliphatic carbocycles. The Bertz CT molecular complexity index is 499. The monoisotopic (exact) mass is 287 g/mol. The molecule has 0 radical (unpaired) electrons. The van der Waals surface area contributed by atoms with E-state index >= 15 is 0 Å². The summed E-state index contributed by atoms with van der Waals surface area (Å²) in [4.78, 5) is 4.26. The van der Waals surface area contributed by atoms with E-state index in [0.29, 0.717) is 18.3 Å². The molecule has 7 heteroatoms. The van der Waals surface area contributed by atoms with Crippen LogP contribution in [0, 0.1) is 5.92 Å². The second-order valence-corrected chi connectivity index (χ2v) is 7.13. The first-order valence-electron chi connectivity index (χ1n) is 5.83. The number of nitrogens with one attached hydrogen (secondary N) is 2. The van der Waals surface area contributed by atoms with Gasteiger partial charge in [-0.1, -0.05) is 0 Å². The minimum absolute atomic E-state index is 0.257. The van der Waals surface area contributed by atoms with Gasteiger partial charge in [0, 0.05) is 25.9 Å². The second-order valence-electron chi connectivity index (χ2n) is 4.21. The summed E-state index contributed by atoms with van der Waals surface area (Å²) >= 11 is 1.88. The van der Waals surface area contributed by atoms with Gasteiger partial charge in [0.1, 0.15) is 5.82 Å². The number of anilines is 1. The summed E-state index contributed by atoms with van der Waals surface area (Å²) in [5, 5.41) is 2.83. The molecule has 1 atom stereocenters. The Morgan fingerprint density at radius 3 is 3.06 bits per heavy atom. The molecule has 2 rings (SSSR count). The Morgan fingerprint density at radius 2 is 2.39 bits per heavy atom. The molecule has 1 aromatic rings. The van der Waals surface area contributed by atoms with Crippen LogP contribution in [-0.4, -0.2) is 38.5 Å². The van der Waals surface area contributed by atoms with Crippen LogP contribution in [0.25, 0.3) is 0 Å². The summed E-state index contributed by atoms with van der Waals surface area (Å²) in [6.45, 7) is 0.520. The molecule has 1 aliphatic heterocycles. The van der Waals surface area contributed by atoms with E-state index in [2.05, 4.69) is 15.0 Å². The molecule has 1 aromatic heterocycles. The maximum atomic E-state index is 12.1. The molecule has 1 fully saturated rings. The molecule has 1 aliphatic rings. The van der Waals surface area contributed by atoms with E-state index in [9.17, 15) is 8.42 Å². The lowest BCUT2D eigenvalue weighted by Crippen LogP contribution is -2.29. The molecule has 2 N–H and O–H groups in total. The fourth-order valence-electron chi connectivity index (χ4n) is 1.77. The van der Waals surface area contributed by atoms with E-state index < -0.39 is 10.0 Å². The van der Waals surface area contributed by atoms with Gasteiger partial charge in [0.25, 0.3) is 0 Å². The van der Waals surface area contributed by atoms with Crippen LogP contribution in [0.15, 0.2) is 23.2 Å². The second kappa shape index (κ2) is 5.90. The zero-order chi connectivity index (χ0) is 13.0. The van der Waals surface area contributed by atoms with E-state index in [1.54, 1.807) is 7.05 Å². The largest absolute Gasteiger partial charge is 0.373 e. The average molecular weight is 287 g/mol. The predicted octanol–water partition coefficient (Wildman–Crippen LogP) is 1.15. The highest BCUT2D eigenvalue weighted by Gasteiger charge is 2.20. The van der Waals surface area contributed by atoms with Crippen molar-refractivity contribution in [3.05, 3.63) is 18.3 Å². The van der Waals surface area contributed by atoms with Crippen LogP contribution < -0.4 is 10.0 Å². The number of hydrogen-bond acceptors (Lipinski definition) is 5. The Labute approximate surface area is 112 Å². The Balaban J connectivity index is 2.04. The molecule has 0 aromatic carbocycles. The number of aromatic nitrogens is 1. The molecule has 18 heavy (non-hydrogen) atoms. The van der Waals surface area contributed by atoms with E-state index in [1.807, 2.05) is 11.8 Å². The van der Waals surface area contributed by atoms with Gasteiger partial charge in [-0.3, -0.25) is 0 Å². The summed E-state index contributed by atoms with van der Waals surface area (Å²) < 4.78 is 26.8. The number of pyridine rings is 1. The van der Waals surface area contributed by atoms with E-state index in [0.717, 1.165) is 17.9 Å². The minimum Gasteiger partial charge on any atom is -0.373 e. The zero-order valence-electron chi connectivity index (χ0n) is 10.2. The van der Waals surface area contributed by atoms with Gasteiger partial charge in [-0.15, -0.1) is 0 Å². The van der Waals surface area contributed by atoms with Crippen LogP contribution in [0.4, 0.5) is 5.82 Å². The highest BCUT2D eigenvalue weighted by Crippen LogP contribution is 2.23. The minimum atomic E-state index is -3.42. The van der Waals surface area contributed by atoms with Gasteiger partial charge in [0.2, 0.25) is 10.0 Å². The topological polar surface area (TPSA) is 71.1 Å². The Morgan fingerprint density at radius 1 is 1.56 bits per heavy atom. The molecule has 2 heterocycles. The SMILES string of the molecule is CNc1cc(S(=O)(=O)NCC2CCSC2)ccn1. The Hall–Kier alpha value is -0.790. The van der Waals surface area contributed by atoms with Crippen LogP contribution >= 0.6 is 11.8 Å². The zero-order valence-corrected chi connectivity index (χ0v) is 11.9. The molecule has 0 spiro atoms. The fraction of sp³-hybridized carbons (Fsp3) is 0.545. The number of thioether (sulfide) groups is 1. The summed E-state index contributed by atoms with van der Waals surface area (Å²) in [5.41, 5.74) is 0. The first-order chi connectivity index (χ1) is 8.62. The van der Waals surface area contributed by atoms with Crippen molar-refractivity contribution in [2.45, 2.75) is 11.3 Å². The molecule has 0 bridgehead atoms. The molecule has 0 saturated carbocycles. The van der Waals surface area contributed by atoms with Crippen molar-refractivity contribution in [1.82, 2.24) is 9.71 Å². The number of sulfonamides is 1. The summed E-state index contributed by atoms with van der Waals surface area (Å²) in [5.74, 6) is 3.18. The van der Waals surface area contributed by atoms with Gasteiger partial charge in [0.05, 0.1) is 4.90 Å². The lowest BCUT2D eigenvalue weighted by molar-refractivity contribution is 0.546. The normalized spacial score (nSPS) is 19.9. The van der Waals surface area contributed by atoms with Crippen LogP contribution in [0.2, 0.25) is 0 Å². The smallest absolute Gasteiger partial charge is 0.240 e. The van der Waals surface area contributed by atoms with Gasteiger partial charge in [-0.2, -0.15) is 11.8 Å². The lowest BCUT2D eigenvalue weighted by atomic mass is 10.1. The Kier molecular flexibility index (Phi) is 4.47. The fourth-order valence-corrected chi connectivity index (χ4v) is 4.18. The van der Waals surface area contributed by atoms with Gasteiger partial charge >= 0.3 is 0 Å². The van der Waals surface area contributed by atoms with E-state index in [-0.39, 0.29) is 4.90 Å². The molecule has 1 unspecified atom stereocenters. The van der Waals surface area contributed by atoms with Crippen LogP contribution in [-0.2, 0) is 10.0 Å². The molecular weight excluding hydrogens is 270 g/mol. The van der Waals surface area contributed by atoms with E-state index in [4.69, 9.17) is 0 Å².